The van der Waals surface area contributed by atoms with Crippen molar-refractivity contribution < 1.29 is 4.79 Å². The van der Waals surface area contributed by atoms with Crippen molar-refractivity contribution in [3.8, 4) is 0 Å². The molecule has 0 bridgehead atoms. The van der Waals surface area contributed by atoms with Crippen LogP contribution in [0.1, 0.15) is 32.3 Å². The normalized spacial score (nSPS) is 17.9. The molecular formula is C17H21N3OS. The first-order valence-corrected chi connectivity index (χ1v) is 8.27. The fraction of sp³-hybridized carbons (Fsp3) is 0.412. The van der Waals surface area contributed by atoms with Crippen LogP contribution in [0.4, 0.5) is 5.69 Å². The van der Waals surface area contributed by atoms with Crippen molar-refractivity contribution in [1.29, 1.82) is 0 Å². The van der Waals surface area contributed by atoms with E-state index in [1.807, 2.05) is 55.0 Å². The molecule has 0 radical (unpaired) electrons. The summed E-state index contributed by atoms with van der Waals surface area (Å²) in [7, 11) is 1.87. The largest absolute Gasteiger partial charge is 0.309 e. The molecule has 1 aromatic heterocycles. The number of hydrogen-bond donors (Lipinski definition) is 0. The number of amides is 1. The summed E-state index contributed by atoms with van der Waals surface area (Å²) in [5.74, 6) is -0.0607. The highest BCUT2D eigenvalue weighted by Crippen LogP contribution is 2.44. The summed E-state index contributed by atoms with van der Waals surface area (Å²) in [4.78, 5) is 16.1. The van der Waals surface area contributed by atoms with Gasteiger partial charge in [-0.25, -0.2) is 0 Å². The molecule has 0 fully saturated rings. The van der Waals surface area contributed by atoms with Gasteiger partial charge in [0.05, 0.1) is 17.8 Å². The Morgan fingerprint density at radius 1 is 1.36 bits per heavy atom. The summed E-state index contributed by atoms with van der Waals surface area (Å²) in [5.41, 5.74) is 1.98. The van der Waals surface area contributed by atoms with Gasteiger partial charge in [-0.1, -0.05) is 12.1 Å². The predicted molar refractivity (Wildman–Crippen MR) is 90.4 cm³/mol. The SMILES string of the molecule is CC(C(=O)N1CC(C)(C)Sc2ccccc21)c1cnn(C)c1. The summed E-state index contributed by atoms with van der Waals surface area (Å²) in [5, 5.41) is 4.18. The van der Waals surface area contributed by atoms with Gasteiger partial charge in [-0.15, -0.1) is 11.8 Å². The Morgan fingerprint density at radius 3 is 2.77 bits per heavy atom. The van der Waals surface area contributed by atoms with Crippen LogP contribution in [0, 0.1) is 0 Å². The Balaban J connectivity index is 1.95. The maximum absolute atomic E-state index is 13.0. The molecule has 0 saturated carbocycles. The highest BCUT2D eigenvalue weighted by molar-refractivity contribution is 8.00. The van der Waals surface area contributed by atoms with E-state index in [-0.39, 0.29) is 16.6 Å². The lowest BCUT2D eigenvalue weighted by Crippen LogP contribution is -2.45. The Bertz CT molecular complexity index is 707. The summed E-state index contributed by atoms with van der Waals surface area (Å²) < 4.78 is 1.75. The second kappa shape index (κ2) is 5.47. The van der Waals surface area contributed by atoms with Crippen LogP contribution in [0.15, 0.2) is 41.6 Å². The number of fused-ring (bicyclic) bond motifs is 1. The van der Waals surface area contributed by atoms with Gasteiger partial charge in [0.25, 0.3) is 0 Å². The first kappa shape index (κ1) is 15.2. The number of carbonyl (C=O) groups excluding carboxylic acids is 1. The topological polar surface area (TPSA) is 38.1 Å². The Labute approximate surface area is 135 Å². The van der Waals surface area contributed by atoms with Crippen LogP contribution in [0.3, 0.4) is 0 Å². The van der Waals surface area contributed by atoms with Crippen molar-refractivity contribution in [2.75, 3.05) is 11.4 Å². The highest BCUT2D eigenvalue weighted by atomic mass is 32.2. The number of aryl methyl sites for hydroxylation is 1. The molecule has 1 amide bonds. The van der Waals surface area contributed by atoms with E-state index >= 15 is 0 Å². The van der Waals surface area contributed by atoms with Crippen molar-refractivity contribution in [2.45, 2.75) is 36.3 Å². The van der Waals surface area contributed by atoms with Crippen molar-refractivity contribution in [3.05, 3.63) is 42.2 Å². The standard InChI is InChI=1S/C17H21N3OS/c1-12(13-9-18-19(4)10-13)16(21)20-11-17(2,3)22-15-8-6-5-7-14(15)20/h5-10,12H,11H2,1-4H3. The molecule has 1 atom stereocenters. The minimum absolute atomic E-state index is 0.0126. The van der Waals surface area contributed by atoms with Crippen LogP contribution in [-0.2, 0) is 11.8 Å². The third-order valence-corrected chi connectivity index (χ3v) is 5.19. The minimum atomic E-state index is -0.194. The molecule has 0 saturated heterocycles. The van der Waals surface area contributed by atoms with E-state index in [2.05, 4.69) is 25.0 Å². The molecule has 116 valence electrons. The number of carbonyl (C=O) groups is 1. The van der Waals surface area contributed by atoms with Crippen molar-refractivity contribution in [2.24, 2.45) is 7.05 Å². The lowest BCUT2D eigenvalue weighted by molar-refractivity contribution is -0.119. The molecule has 3 rings (SSSR count). The zero-order chi connectivity index (χ0) is 15.9. The molecule has 1 aromatic carbocycles. The molecule has 5 heteroatoms. The van der Waals surface area contributed by atoms with E-state index in [1.165, 1.54) is 4.90 Å². The fourth-order valence-electron chi connectivity index (χ4n) is 2.80. The molecule has 1 unspecified atom stereocenters. The predicted octanol–water partition coefficient (Wildman–Crippen LogP) is 3.44. The summed E-state index contributed by atoms with van der Waals surface area (Å²) in [6.45, 7) is 7.04. The van der Waals surface area contributed by atoms with E-state index < -0.39 is 0 Å². The third kappa shape index (κ3) is 2.77. The van der Waals surface area contributed by atoms with Gasteiger partial charge in [-0.05, 0) is 32.9 Å². The van der Waals surface area contributed by atoms with Gasteiger partial charge in [-0.2, -0.15) is 5.10 Å². The van der Waals surface area contributed by atoms with E-state index in [0.29, 0.717) is 0 Å². The first-order chi connectivity index (χ1) is 10.4. The molecule has 0 N–H and O–H groups in total. The second-order valence-corrected chi connectivity index (χ2v) is 8.17. The smallest absolute Gasteiger partial charge is 0.234 e. The molecule has 1 aliphatic rings. The van der Waals surface area contributed by atoms with Crippen molar-refractivity contribution in [3.63, 3.8) is 0 Å². The van der Waals surface area contributed by atoms with Gasteiger partial charge >= 0.3 is 0 Å². The highest BCUT2D eigenvalue weighted by Gasteiger charge is 2.35. The number of benzene rings is 1. The van der Waals surface area contributed by atoms with Gasteiger partial charge in [-0.3, -0.25) is 9.48 Å². The number of nitrogens with zero attached hydrogens (tertiary/aromatic N) is 3. The van der Waals surface area contributed by atoms with Crippen molar-refractivity contribution in [1.82, 2.24) is 9.78 Å². The van der Waals surface area contributed by atoms with Gasteiger partial charge in [0.15, 0.2) is 0 Å². The number of anilines is 1. The molecule has 1 aliphatic heterocycles. The number of aromatic nitrogens is 2. The molecule has 0 spiro atoms. The van der Waals surface area contributed by atoms with Gasteiger partial charge in [0, 0.05) is 35.0 Å². The van der Waals surface area contributed by atoms with Crippen molar-refractivity contribution >= 4 is 23.4 Å². The van der Waals surface area contributed by atoms with Gasteiger partial charge < -0.3 is 4.90 Å². The molecule has 2 heterocycles. The monoisotopic (exact) mass is 315 g/mol. The maximum Gasteiger partial charge on any atom is 0.234 e. The lowest BCUT2D eigenvalue weighted by Gasteiger charge is -2.39. The minimum Gasteiger partial charge on any atom is -0.309 e. The van der Waals surface area contributed by atoms with E-state index in [0.717, 1.165) is 17.8 Å². The fourth-order valence-corrected chi connectivity index (χ4v) is 4.02. The number of hydrogen-bond acceptors (Lipinski definition) is 3. The van der Waals surface area contributed by atoms with Crippen LogP contribution in [0.2, 0.25) is 0 Å². The molecular weight excluding hydrogens is 294 g/mol. The van der Waals surface area contributed by atoms with Gasteiger partial charge in [0.2, 0.25) is 5.91 Å². The van der Waals surface area contributed by atoms with Crippen LogP contribution >= 0.6 is 11.8 Å². The molecule has 22 heavy (non-hydrogen) atoms. The zero-order valence-corrected chi connectivity index (χ0v) is 14.2. The lowest BCUT2D eigenvalue weighted by atomic mass is 10.0. The van der Waals surface area contributed by atoms with E-state index in [4.69, 9.17) is 0 Å². The van der Waals surface area contributed by atoms with Crippen LogP contribution < -0.4 is 4.90 Å². The Morgan fingerprint density at radius 2 is 2.09 bits per heavy atom. The number of thioether (sulfide) groups is 1. The average Bonchev–Trinajstić information content (AvgIpc) is 2.90. The Hall–Kier alpha value is -1.75. The summed E-state index contributed by atoms with van der Waals surface area (Å²) in [6.07, 6.45) is 3.69. The van der Waals surface area contributed by atoms with E-state index in [1.54, 1.807) is 10.9 Å². The first-order valence-electron chi connectivity index (χ1n) is 7.45. The maximum atomic E-state index is 13.0. The zero-order valence-electron chi connectivity index (χ0n) is 13.4. The Kier molecular flexibility index (Phi) is 3.77. The van der Waals surface area contributed by atoms with Crippen LogP contribution in [-0.4, -0.2) is 27.0 Å². The van der Waals surface area contributed by atoms with E-state index in [9.17, 15) is 4.79 Å². The molecule has 0 aliphatic carbocycles. The average molecular weight is 315 g/mol. The second-order valence-electron chi connectivity index (χ2n) is 6.42. The summed E-state index contributed by atoms with van der Waals surface area (Å²) in [6, 6.07) is 8.15. The summed E-state index contributed by atoms with van der Waals surface area (Å²) >= 11 is 1.84. The van der Waals surface area contributed by atoms with Crippen LogP contribution in [0.5, 0.6) is 0 Å². The molecule has 4 nitrogen and oxygen atoms in total. The third-order valence-electron chi connectivity index (χ3n) is 3.94. The number of para-hydroxylation sites is 1. The quantitative estimate of drug-likeness (QED) is 0.852. The molecule has 2 aromatic rings. The van der Waals surface area contributed by atoms with Crippen LogP contribution in [0.25, 0.3) is 0 Å². The number of rotatable bonds is 2. The van der Waals surface area contributed by atoms with Gasteiger partial charge in [0.1, 0.15) is 0 Å².